The van der Waals surface area contributed by atoms with Crippen molar-refractivity contribution in [3.63, 3.8) is 0 Å². The van der Waals surface area contributed by atoms with Gasteiger partial charge in [-0.3, -0.25) is 0 Å². The second kappa shape index (κ2) is 6.82. The van der Waals surface area contributed by atoms with Gasteiger partial charge in [0.2, 0.25) is 0 Å². The van der Waals surface area contributed by atoms with E-state index in [1.807, 2.05) is 39.0 Å². The first-order valence-corrected chi connectivity index (χ1v) is 9.50. The fraction of sp³-hybridized carbons (Fsp3) is 0.381. The van der Waals surface area contributed by atoms with E-state index in [0.717, 1.165) is 35.0 Å². The molecule has 7 heteroatoms. The molecule has 0 saturated carbocycles. The minimum atomic E-state index is -0.522. The average molecular weight is 379 g/mol. The molecular formula is C21H25N5O2. The second-order valence-corrected chi connectivity index (χ2v) is 8.14. The van der Waals surface area contributed by atoms with Gasteiger partial charge in [0.1, 0.15) is 23.4 Å². The molecule has 0 bridgehead atoms. The Balaban J connectivity index is 1.72. The quantitative estimate of drug-likeness (QED) is 0.710. The summed E-state index contributed by atoms with van der Waals surface area (Å²) in [5.74, 6) is 0.474. The minimum Gasteiger partial charge on any atom is -0.444 e. The van der Waals surface area contributed by atoms with Gasteiger partial charge in [0.05, 0.1) is 11.4 Å². The fourth-order valence-corrected chi connectivity index (χ4v) is 3.83. The molecule has 0 unspecified atom stereocenters. The monoisotopic (exact) mass is 379 g/mol. The molecule has 146 valence electrons. The first kappa shape index (κ1) is 18.3. The van der Waals surface area contributed by atoms with Crippen LogP contribution in [0.4, 0.5) is 10.6 Å². The lowest BCUT2D eigenvalue weighted by atomic mass is 9.97. The van der Waals surface area contributed by atoms with E-state index in [1.165, 1.54) is 12.0 Å². The molecule has 0 fully saturated rings. The Labute approximate surface area is 163 Å². The predicted octanol–water partition coefficient (Wildman–Crippen LogP) is 3.52. The zero-order valence-electron chi connectivity index (χ0n) is 16.4. The summed E-state index contributed by atoms with van der Waals surface area (Å²) in [5.41, 5.74) is 9.88. The van der Waals surface area contributed by atoms with Gasteiger partial charge in [0, 0.05) is 17.8 Å². The van der Waals surface area contributed by atoms with Crippen LogP contribution < -0.4 is 11.1 Å². The van der Waals surface area contributed by atoms with Crippen LogP contribution in [0.1, 0.15) is 32.9 Å². The van der Waals surface area contributed by atoms with Crippen molar-refractivity contribution in [2.24, 2.45) is 0 Å². The number of amides is 1. The number of fused-ring (bicyclic) bond motifs is 3. The van der Waals surface area contributed by atoms with Crippen molar-refractivity contribution >= 4 is 22.9 Å². The molecule has 1 aliphatic rings. The normalized spacial score (nSPS) is 16.6. The van der Waals surface area contributed by atoms with Crippen molar-refractivity contribution in [2.75, 3.05) is 5.73 Å². The molecule has 28 heavy (non-hydrogen) atoms. The highest BCUT2D eigenvalue weighted by Crippen LogP contribution is 2.39. The molecule has 0 aliphatic carbocycles. The molecule has 1 aromatic carbocycles. The first-order chi connectivity index (χ1) is 13.3. The summed E-state index contributed by atoms with van der Waals surface area (Å²) in [6.07, 6.45) is 2.73. The SMILES string of the molecule is CC(C)(C)OC(=O)N[C@H]1CCc2c(-c3ccccc3)c3c(N)ncnc3n2C1. The predicted molar refractivity (Wildman–Crippen MR) is 109 cm³/mol. The van der Waals surface area contributed by atoms with Crippen LogP contribution in [0.2, 0.25) is 0 Å². The molecule has 3 aromatic rings. The molecule has 2 aromatic heterocycles. The summed E-state index contributed by atoms with van der Waals surface area (Å²) in [7, 11) is 0. The third-order valence-corrected chi connectivity index (χ3v) is 4.89. The summed E-state index contributed by atoms with van der Waals surface area (Å²) in [5, 5.41) is 3.86. The number of nitrogens with one attached hydrogen (secondary N) is 1. The molecule has 0 saturated heterocycles. The van der Waals surface area contributed by atoms with Gasteiger partial charge in [-0.25, -0.2) is 14.8 Å². The Morgan fingerprint density at radius 2 is 2.00 bits per heavy atom. The summed E-state index contributed by atoms with van der Waals surface area (Å²) in [6, 6.07) is 10.1. The summed E-state index contributed by atoms with van der Waals surface area (Å²) < 4.78 is 7.56. The highest BCUT2D eigenvalue weighted by molar-refractivity contribution is 6.02. The van der Waals surface area contributed by atoms with Gasteiger partial charge in [-0.1, -0.05) is 30.3 Å². The van der Waals surface area contributed by atoms with Crippen LogP contribution in [0.5, 0.6) is 0 Å². The number of nitrogen functional groups attached to an aromatic ring is 1. The van der Waals surface area contributed by atoms with Gasteiger partial charge in [0.15, 0.2) is 0 Å². The van der Waals surface area contributed by atoms with Crippen molar-refractivity contribution < 1.29 is 9.53 Å². The van der Waals surface area contributed by atoms with Crippen LogP contribution >= 0.6 is 0 Å². The number of aromatic nitrogens is 3. The largest absolute Gasteiger partial charge is 0.444 e. The number of ether oxygens (including phenoxy) is 1. The van der Waals surface area contributed by atoms with Gasteiger partial charge >= 0.3 is 6.09 Å². The van der Waals surface area contributed by atoms with E-state index < -0.39 is 11.7 Å². The molecule has 0 spiro atoms. The number of anilines is 1. The number of nitrogens with two attached hydrogens (primary N) is 1. The lowest BCUT2D eigenvalue weighted by molar-refractivity contribution is 0.0493. The summed E-state index contributed by atoms with van der Waals surface area (Å²) >= 11 is 0. The Kier molecular flexibility index (Phi) is 4.45. The van der Waals surface area contributed by atoms with Gasteiger partial charge in [-0.15, -0.1) is 0 Å². The molecule has 3 N–H and O–H groups in total. The van der Waals surface area contributed by atoms with Gasteiger partial charge < -0.3 is 20.4 Å². The maximum Gasteiger partial charge on any atom is 0.407 e. The molecular weight excluding hydrogens is 354 g/mol. The van der Waals surface area contributed by atoms with E-state index in [9.17, 15) is 4.79 Å². The minimum absolute atomic E-state index is 0.0298. The topological polar surface area (TPSA) is 95.1 Å². The molecule has 0 radical (unpaired) electrons. The summed E-state index contributed by atoms with van der Waals surface area (Å²) in [4.78, 5) is 20.9. The smallest absolute Gasteiger partial charge is 0.407 e. The number of hydrogen-bond acceptors (Lipinski definition) is 5. The molecule has 1 aliphatic heterocycles. The van der Waals surface area contributed by atoms with Crippen molar-refractivity contribution in [1.29, 1.82) is 0 Å². The van der Waals surface area contributed by atoms with Gasteiger partial charge in [-0.2, -0.15) is 0 Å². The van der Waals surface area contributed by atoms with E-state index in [0.29, 0.717) is 12.4 Å². The van der Waals surface area contributed by atoms with Crippen LogP contribution in [-0.2, 0) is 17.7 Å². The van der Waals surface area contributed by atoms with Gasteiger partial charge in [0.25, 0.3) is 0 Å². The van der Waals surface area contributed by atoms with Crippen LogP contribution in [0.15, 0.2) is 36.7 Å². The Morgan fingerprint density at radius 1 is 1.25 bits per heavy atom. The third kappa shape index (κ3) is 3.40. The number of alkyl carbamates (subject to hydrolysis) is 1. The van der Waals surface area contributed by atoms with E-state index in [4.69, 9.17) is 10.5 Å². The van der Waals surface area contributed by atoms with Crippen molar-refractivity contribution in [1.82, 2.24) is 19.9 Å². The maximum atomic E-state index is 12.2. The van der Waals surface area contributed by atoms with Crippen molar-refractivity contribution in [3.05, 3.63) is 42.4 Å². The number of rotatable bonds is 2. The van der Waals surface area contributed by atoms with E-state index in [1.54, 1.807) is 0 Å². The summed E-state index contributed by atoms with van der Waals surface area (Å²) in [6.45, 7) is 6.19. The highest BCUT2D eigenvalue weighted by atomic mass is 16.6. The number of benzene rings is 1. The average Bonchev–Trinajstić information content (AvgIpc) is 2.96. The lowest BCUT2D eigenvalue weighted by Crippen LogP contribution is -2.43. The molecule has 4 rings (SSSR count). The number of nitrogens with zero attached hydrogens (tertiary/aromatic N) is 3. The van der Waals surface area contributed by atoms with Crippen LogP contribution in [0, 0.1) is 0 Å². The van der Waals surface area contributed by atoms with E-state index >= 15 is 0 Å². The van der Waals surface area contributed by atoms with Crippen molar-refractivity contribution in [3.8, 4) is 11.1 Å². The highest BCUT2D eigenvalue weighted by Gasteiger charge is 2.29. The lowest BCUT2D eigenvalue weighted by Gasteiger charge is -2.28. The first-order valence-electron chi connectivity index (χ1n) is 9.50. The third-order valence-electron chi connectivity index (χ3n) is 4.89. The van der Waals surface area contributed by atoms with Crippen molar-refractivity contribution in [2.45, 2.75) is 51.8 Å². The van der Waals surface area contributed by atoms with Crippen LogP contribution in [0.25, 0.3) is 22.2 Å². The zero-order chi connectivity index (χ0) is 19.9. The fourth-order valence-electron chi connectivity index (χ4n) is 3.83. The maximum absolute atomic E-state index is 12.2. The van der Waals surface area contributed by atoms with E-state index in [2.05, 4.69) is 32.0 Å². The number of carbonyl (C=O) groups excluding carboxylic acids is 1. The number of hydrogen-bond donors (Lipinski definition) is 2. The van der Waals surface area contributed by atoms with Gasteiger partial charge in [-0.05, 0) is 39.2 Å². The zero-order valence-corrected chi connectivity index (χ0v) is 16.4. The van der Waals surface area contributed by atoms with E-state index in [-0.39, 0.29) is 6.04 Å². The Morgan fingerprint density at radius 3 is 2.71 bits per heavy atom. The Hall–Kier alpha value is -3.09. The Bertz CT molecular complexity index is 1020. The molecule has 1 amide bonds. The molecule has 7 nitrogen and oxygen atoms in total. The number of carbonyl (C=O) groups is 1. The van der Waals surface area contributed by atoms with Crippen LogP contribution in [-0.4, -0.2) is 32.3 Å². The molecule has 1 atom stereocenters. The second-order valence-electron chi connectivity index (χ2n) is 8.14. The van der Waals surface area contributed by atoms with Crippen LogP contribution in [0.3, 0.4) is 0 Å². The molecule has 3 heterocycles. The standard InChI is InChI=1S/C21H25N5O2/c1-21(2,3)28-20(27)25-14-9-10-15-16(13-7-5-4-6-8-13)17-18(22)23-12-24-19(17)26(15)11-14/h4-8,12,14H,9-11H2,1-3H3,(H,25,27)(H2,22,23,24)/t14-/m0/s1.